The van der Waals surface area contributed by atoms with E-state index in [-0.39, 0.29) is 24.6 Å². The predicted molar refractivity (Wildman–Crippen MR) is 98.1 cm³/mol. The number of aliphatic hydroxyl groups excluding tert-OH is 1. The Kier molecular flexibility index (Phi) is 7.38. The van der Waals surface area contributed by atoms with Gasteiger partial charge in [-0.15, -0.1) is 0 Å². The van der Waals surface area contributed by atoms with Crippen LogP contribution in [0.2, 0.25) is 0 Å². The minimum absolute atomic E-state index is 0.0383. The number of carbonyl (C=O) groups excluding carboxylic acids is 1. The van der Waals surface area contributed by atoms with Gasteiger partial charge in [-0.05, 0) is 25.3 Å². The monoisotopic (exact) mass is 364 g/mol. The average molecular weight is 364 g/mol. The first kappa shape index (κ1) is 20.2. The lowest BCUT2D eigenvalue weighted by Crippen LogP contribution is -2.38. The van der Waals surface area contributed by atoms with Crippen molar-refractivity contribution in [1.82, 2.24) is 4.90 Å². The molecule has 1 aliphatic carbocycles. The van der Waals surface area contributed by atoms with Crippen molar-refractivity contribution in [2.75, 3.05) is 13.7 Å². The predicted octanol–water partition coefficient (Wildman–Crippen LogP) is 3.60. The molecule has 1 aromatic rings. The number of benzene rings is 1. The normalized spacial score (nSPS) is 16.1. The van der Waals surface area contributed by atoms with Gasteiger partial charge in [-0.1, -0.05) is 26.2 Å². The highest BCUT2D eigenvalue weighted by atomic mass is 16.6. The molecule has 1 atom stereocenters. The van der Waals surface area contributed by atoms with E-state index in [1.54, 1.807) is 6.92 Å². The molecule has 0 aliphatic heterocycles. The van der Waals surface area contributed by atoms with E-state index in [9.17, 15) is 20.0 Å². The summed E-state index contributed by atoms with van der Waals surface area (Å²) in [5.41, 5.74) is 0.294. The van der Waals surface area contributed by atoms with Gasteiger partial charge in [0, 0.05) is 30.8 Å². The summed E-state index contributed by atoms with van der Waals surface area (Å²) in [4.78, 5) is 24.6. The maximum Gasteiger partial charge on any atom is 0.270 e. The topological polar surface area (TPSA) is 92.9 Å². The number of rotatable bonds is 8. The summed E-state index contributed by atoms with van der Waals surface area (Å²) in [6.07, 6.45) is 5.50. The van der Waals surface area contributed by atoms with E-state index in [1.807, 2.05) is 11.9 Å². The molecule has 26 heavy (non-hydrogen) atoms. The van der Waals surface area contributed by atoms with Crippen LogP contribution < -0.4 is 4.74 Å². The Morgan fingerprint density at radius 2 is 2.08 bits per heavy atom. The first-order valence-corrected chi connectivity index (χ1v) is 9.29. The minimum Gasteiger partial charge on any atom is -0.493 e. The molecule has 7 heteroatoms. The van der Waals surface area contributed by atoms with Gasteiger partial charge in [-0.3, -0.25) is 14.9 Å². The molecular formula is C19H28N2O5. The summed E-state index contributed by atoms with van der Waals surface area (Å²) in [5.74, 6) is 0.425. The summed E-state index contributed by atoms with van der Waals surface area (Å²) in [5, 5.41) is 21.0. The molecule has 0 aromatic heterocycles. The zero-order chi connectivity index (χ0) is 19.1. The van der Waals surface area contributed by atoms with Crippen LogP contribution in [0.1, 0.15) is 63.5 Å². The van der Waals surface area contributed by atoms with Gasteiger partial charge in [0.25, 0.3) is 5.69 Å². The van der Waals surface area contributed by atoms with E-state index in [1.165, 1.54) is 37.5 Å². The van der Waals surface area contributed by atoms with Gasteiger partial charge < -0.3 is 14.7 Å². The van der Waals surface area contributed by atoms with Gasteiger partial charge >= 0.3 is 0 Å². The third-order valence-electron chi connectivity index (χ3n) is 5.04. The van der Waals surface area contributed by atoms with Crippen LogP contribution >= 0.6 is 0 Å². The Labute approximate surface area is 154 Å². The van der Waals surface area contributed by atoms with E-state index in [0.717, 1.165) is 12.8 Å². The van der Waals surface area contributed by atoms with Crippen molar-refractivity contribution in [3.63, 3.8) is 0 Å². The van der Waals surface area contributed by atoms with Gasteiger partial charge in [0.05, 0.1) is 24.1 Å². The third kappa shape index (κ3) is 5.17. The number of aliphatic hydroxyl groups is 1. The first-order chi connectivity index (χ1) is 12.4. The summed E-state index contributed by atoms with van der Waals surface area (Å²) in [6.45, 7) is 1.97. The minimum atomic E-state index is -0.842. The first-order valence-electron chi connectivity index (χ1n) is 9.29. The van der Waals surface area contributed by atoms with E-state index < -0.39 is 11.0 Å². The van der Waals surface area contributed by atoms with Crippen LogP contribution in [0.25, 0.3) is 0 Å². The molecule has 0 spiro atoms. The van der Waals surface area contributed by atoms with Crippen molar-refractivity contribution >= 4 is 11.6 Å². The van der Waals surface area contributed by atoms with Crippen molar-refractivity contribution in [2.45, 2.75) is 64.0 Å². The molecule has 1 N–H and O–H groups in total. The van der Waals surface area contributed by atoms with E-state index >= 15 is 0 Å². The Balaban J connectivity index is 1.95. The van der Waals surface area contributed by atoms with Gasteiger partial charge in [0.1, 0.15) is 5.75 Å². The number of ether oxygens (including phenoxy) is 1. The second-order valence-electron chi connectivity index (χ2n) is 6.80. The SMILES string of the molecule is CCC(O)c1cc([N+](=O)[O-])ccc1OCCC(=O)N(C)C1CCCCC1. The average Bonchev–Trinajstić information content (AvgIpc) is 2.67. The van der Waals surface area contributed by atoms with Gasteiger partial charge in [-0.2, -0.15) is 0 Å². The van der Waals surface area contributed by atoms with Crippen molar-refractivity contribution in [2.24, 2.45) is 0 Å². The second kappa shape index (κ2) is 9.52. The fraction of sp³-hybridized carbons (Fsp3) is 0.632. The lowest BCUT2D eigenvalue weighted by Gasteiger charge is -2.31. The molecule has 7 nitrogen and oxygen atoms in total. The van der Waals surface area contributed by atoms with Crippen molar-refractivity contribution < 1.29 is 19.6 Å². The molecule has 0 radical (unpaired) electrons. The highest BCUT2D eigenvalue weighted by Crippen LogP contribution is 2.31. The fourth-order valence-corrected chi connectivity index (χ4v) is 3.36. The number of hydrogen-bond donors (Lipinski definition) is 1. The zero-order valence-electron chi connectivity index (χ0n) is 15.5. The highest BCUT2D eigenvalue weighted by molar-refractivity contribution is 5.76. The number of nitro benzene ring substituents is 1. The maximum absolute atomic E-state index is 12.4. The van der Waals surface area contributed by atoms with E-state index in [0.29, 0.717) is 23.8 Å². The zero-order valence-corrected chi connectivity index (χ0v) is 15.5. The highest BCUT2D eigenvalue weighted by Gasteiger charge is 2.22. The molecule has 0 saturated heterocycles. The molecule has 144 valence electrons. The standard InChI is InChI=1S/C19H28N2O5/c1-3-17(22)16-13-15(21(24)25)9-10-18(16)26-12-11-19(23)20(2)14-7-5-4-6-8-14/h9-10,13-14,17,22H,3-8,11-12H2,1-2H3. The van der Waals surface area contributed by atoms with Gasteiger partial charge in [0.15, 0.2) is 0 Å². The summed E-state index contributed by atoms with van der Waals surface area (Å²) in [7, 11) is 1.84. The number of nitrogens with zero attached hydrogens (tertiary/aromatic N) is 2. The quantitative estimate of drug-likeness (QED) is 0.562. The third-order valence-corrected chi connectivity index (χ3v) is 5.04. The Morgan fingerprint density at radius 3 is 2.69 bits per heavy atom. The van der Waals surface area contributed by atoms with Crippen molar-refractivity contribution in [3.8, 4) is 5.75 Å². The summed E-state index contributed by atoms with van der Waals surface area (Å²) >= 11 is 0. The molecule has 1 unspecified atom stereocenters. The molecule has 0 bridgehead atoms. The largest absolute Gasteiger partial charge is 0.493 e. The van der Waals surface area contributed by atoms with E-state index in [4.69, 9.17) is 4.74 Å². The number of hydrogen-bond acceptors (Lipinski definition) is 5. The number of nitro groups is 1. The van der Waals surface area contributed by atoms with Crippen molar-refractivity contribution in [3.05, 3.63) is 33.9 Å². The fourth-order valence-electron chi connectivity index (χ4n) is 3.36. The Bertz CT molecular complexity index is 628. The van der Waals surface area contributed by atoms with Crippen LogP contribution in [0.3, 0.4) is 0 Å². The lowest BCUT2D eigenvalue weighted by atomic mass is 9.94. The van der Waals surface area contributed by atoms with E-state index in [2.05, 4.69) is 0 Å². The van der Waals surface area contributed by atoms with Crippen LogP contribution in [-0.2, 0) is 4.79 Å². The molecule has 1 aromatic carbocycles. The molecule has 1 aliphatic rings. The molecule has 1 fully saturated rings. The Hall–Kier alpha value is -2.15. The second-order valence-corrected chi connectivity index (χ2v) is 6.80. The molecule has 1 saturated carbocycles. The van der Waals surface area contributed by atoms with Crippen molar-refractivity contribution in [1.29, 1.82) is 0 Å². The lowest BCUT2D eigenvalue weighted by molar-refractivity contribution is -0.385. The van der Waals surface area contributed by atoms with Gasteiger partial charge in [-0.25, -0.2) is 0 Å². The van der Waals surface area contributed by atoms with Crippen LogP contribution in [0.5, 0.6) is 5.75 Å². The molecular weight excluding hydrogens is 336 g/mol. The number of non-ortho nitro benzene ring substituents is 1. The van der Waals surface area contributed by atoms with Crippen LogP contribution in [-0.4, -0.2) is 40.5 Å². The van der Waals surface area contributed by atoms with Gasteiger partial charge in [0.2, 0.25) is 5.91 Å². The van der Waals surface area contributed by atoms with Crippen LogP contribution in [0.4, 0.5) is 5.69 Å². The summed E-state index contributed by atoms with van der Waals surface area (Å²) in [6, 6.07) is 4.48. The molecule has 1 amide bonds. The van der Waals surface area contributed by atoms with Crippen LogP contribution in [0, 0.1) is 10.1 Å². The maximum atomic E-state index is 12.4. The molecule has 0 heterocycles. The summed E-state index contributed by atoms with van der Waals surface area (Å²) < 4.78 is 5.67. The number of carbonyl (C=O) groups is 1. The molecule has 2 rings (SSSR count). The number of amides is 1. The van der Waals surface area contributed by atoms with Crippen LogP contribution in [0.15, 0.2) is 18.2 Å². The Morgan fingerprint density at radius 1 is 1.38 bits per heavy atom. The smallest absolute Gasteiger partial charge is 0.270 e.